The first kappa shape index (κ1) is 10.4. The van der Waals surface area contributed by atoms with Crippen LogP contribution in [0, 0.1) is 0 Å². The summed E-state index contributed by atoms with van der Waals surface area (Å²) < 4.78 is 0. The van der Waals surface area contributed by atoms with Gasteiger partial charge in [-0.25, -0.2) is 9.78 Å². The third-order valence-electron chi connectivity index (χ3n) is 2.75. The Labute approximate surface area is 93.1 Å². The zero-order chi connectivity index (χ0) is 10.8. The molecule has 0 bridgehead atoms. The molecule has 1 aromatic rings. The van der Waals surface area contributed by atoms with E-state index in [9.17, 15) is 4.79 Å². The summed E-state index contributed by atoms with van der Waals surface area (Å²) in [5.41, 5.74) is 2.08. The quantitative estimate of drug-likeness (QED) is 0.591. The molecule has 0 saturated carbocycles. The molecule has 0 atom stereocenters. The monoisotopic (exact) mass is 225 g/mol. The maximum atomic E-state index is 11.1. The van der Waals surface area contributed by atoms with E-state index in [4.69, 9.17) is 16.7 Å². The highest BCUT2D eigenvalue weighted by Gasteiger charge is 2.18. The van der Waals surface area contributed by atoms with Gasteiger partial charge in [-0.05, 0) is 37.3 Å². The van der Waals surface area contributed by atoms with Crippen LogP contribution in [0.25, 0.3) is 0 Å². The fourth-order valence-electron chi connectivity index (χ4n) is 2.04. The summed E-state index contributed by atoms with van der Waals surface area (Å²) in [6.07, 6.45) is 4.89. The average molecular weight is 226 g/mol. The van der Waals surface area contributed by atoms with Crippen LogP contribution in [-0.4, -0.2) is 16.1 Å². The van der Waals surface area contributed by atoms with Gasteiger partial charge in [0, 0.05) is 5.69 Å². The first-order valence-corrected chi connectivity index (χ1v) is 5.48. The highest BCUT2D eigenvalue weighted by atomic mass is 35.5. The number of hydrogen-bond acceptors (Lipinski definition) is 2. The van der Waals surface area contributed by atoms with E-state index in [0.717, 1.165) is 43.4 Å². The van der Waals surface area contributed by atoms with Crippen LogP contribution in [0.15, 0.2) is 6.07 Å². The second kappa shape index (κ2) is 4.19. The predicted molar refractivity (Wildman–Crippen MR) is 57.5 cm³/mol. The van der Waals surface area contributed by atoms with Crippen molar-refractivity contribution in [2.24, 2.45) is 0 Å². The molecule has 0 saturated heterocycles. The molecule has 1 N–H and O–H groups in total. The summed E-state index contributed by atoms with van der Waals surface area (Å²) in [7, 11) is 0. The Morgan fingerprint density at radius 3 is 2.80 bits per heavy atom. The fourth-order valence-corrected chi connectivity index (χ4v) is 2.25. The molecule has 0 unspecified atom stereocenters. The van der Waals surface area contributed by atoms with Crippen LogP contribution in [0.2, 0.25) is 5.15 Å². The van der Waals surface area contributed by atoms with E-state index >= 15 is 0 Å². The Morgan fingerprint density at radius 2 is 2.07 bits per heavy atom. The zero-order valence-electron chi connectivity index (χ0n) is 8.29. The van der Waals surface area contributed by atoms with Crippen molar-refractivity contribution in [3.05, 3.63) is 28.0 Å². The maximum Gasteiger partial charge on any atom is 0.336 e. The molecule has 80 valence electrons. The van der Waals surface area contributed by atoms with Gasteiger partial charge in [-0.1, -0.05) is 18.0 Å². The summed E-state index contributed by atoms with van der Waals surface area (Å²) in [5, 5.41) is 9.36. The number of fused-ring (bicyclic) bond motifs is 1. The summed E-state index contributed by atoms with van der Waals surface area (Å²) in [6, 6.07) is 1.45. The smallest absolute Gasteiger partial charge is 0.336 e. The number of aromatic nitrogens is 1. The van der Waals surface area contributed by atoms with E-state index in [1.54, 1.807) is 0 Å². The molecule has 2 rings (SSSR count). The number of aryl methyl sites for hydroxylation is 1. The lowest BCUT2D eigenvalue weighted by atomic mass is 10.0. The average Bonchev–Trinajstić information content (AvgIpc) is 2.41. The molecule has 15 heavy (non-hydrogen) atoms. The summed E-state index contributed by atoms with van der Waals surface area (Å²) in [6.45, 7) is 0. The fraction of sp³-hybridized carbons (Fsp3) is 0.455. The first-order chi connectivity index (χ1) is 7.18. The van der Waals surface area contributed by atoms with Crippen molar-refractivity contribution in [1.82, 2.24) is 4.98 Å². The largest absolute Gasteiger partial charge is 0.478 e. The van der Waals surface area contributed by atoms with Gasteiger partial charge in [0.25, 0.3) is 0 Å². The van der Waals surface area contributed by atoms with Crippen LogP contribution in [0.1, 0.15) is 40.9 Å². The number of halogens is 1. The SMILES string of the molecule is O=C(O)c1cc(Cl)nc2c1CCCCC2. The molecule has 0 spiro atoms. The van der Waals surface area contributed by atoms with Crippen molar-refractivity contribution in [2.75, 3.05) is 0 Å². The van der Waals surface area contributed by atoms with Gasteiger partial charge in [-0.2, -0.15) is 0 Å². The second-order valence-electron chi connectivity index (χ2n) is 3.78. The molecule has 1 heterocycles. The van der Waals surface area contributed by atoms with Gasteiger partial charge < -0.3 is 5.11 Å². The Balaban J connectivity index is 2.54. The summed E-state index contributed by atoms with van der Waals surface area (Å²) in [5.74, 6) is -0.905. The van der Waals surface area contributed by atoms with E-state index in [0.29, 0.717) is 5.56 Å². The number of carboxylic acids is 1. The van der Waals surface area contributed by atoms with Gasteiger partial charge in [-0.15, -0.1) is 0 Å². The molecule has 1 aliphatic carbocycles. The minimum Gasteiger partial charge on any atom is -0.478 e. The topological polar surface area (TPSA) is 50.2 Å². The van der Waals surface area contributed by atoms with Crippen molar-refractivity contribution in [2.45, 2.75) is 32.1 Å². The summed E-state index contributed by atoms with van der Waals surface area (Å²) >= 11 is 5.80. The number of pyridine rings is 1. The lowest BCUT2D eigenvalue weighted by molar-refractivity contribution is 0.0695. The van der Waals surface area contributed by atoms with Crippen LogP contribution in [0.4, 0.5) is 0 Å². The van der Waals surface area contributed by atoms with Crippen molar-refractivity contribution in [3.63, 3.8) is 0 Å². The van der Waals surface area contributed by atoms with E-state index in [2.05, 4.69) is 4.98 Å². The normalized spacial score (nSPS) is 15.5. The van der Waals surface area contributed by atoms with E-state index < -0.39 is 5.97 Å². The Bertz CT molecular complexity index is 404. The first-order valence-electron chi connectivity index (χ1n) is 5.10. The number of rotatable bonds is 1. The minimum absolute atomic E-state index is 0.285. The Kier molecular flexibility index (Phi) is 2.91. The van der Waals surface area contributed by atoms with Crippen LogP contribution in [0.3, 0.4) is 0 Å². The minimum atomic E-state index is -0.905. The third kappa shape index (κ3) is 2.12. The number of carbonyl (C=O) groups is 1. The molecule has 0 aliphatic heterocycles. The second-order valence-corrected chi connectivity index (χ2v) is 4.17. The van der Waals surface area contributed by atoms with Gasteiger partial charge in [0.2, 0.25) is 0 Å². The Morgan fingerprint density at radius 1 is 1.33 bits per heavy atom. The van der Waals surface area contributed by atoms with Crippen LogP contribution >= 0.6 is 11.6 Å². The lowest BCUT2D eigenvalue weighted by Gasteiger charge is -2.08. The Hall–Kier alpha value is -1.09. The maximum absolute atomic E-state index is 11.1. The summed E-state index contributed by atoms with van der Waals surface area (Å²) in [4.78, 5) is 15.3. The van der Waals surface area contributed by atoms with Crippen molar-refractivity contribution < 1.29 is 9.90 Å². The number of hydrogen-bond donors (Lipinski definition) is 1. The molecule has 3 nitrogen and oxygen atoms in total. The number of carboxylic acid groups (broad SMARTS) is 1. The van der Waals surface area contributed by atoms with E-state index in [1.165, 1.54) is 6.07 Å². The molecule has 0 fully saturated rings. The van der Waals surface area contributed by atoms with Crippen LogP contribution in [0.5, 0.6) is 0 Å². The van der Waals surface area contributed by atoms with Crippen molar-refractivity contribution >= 4 is 17.6 Å². The number of nitrogens with zero attached hydrogens (tertiary/aromatic N) is 1. The van der Waals surface area contributed by atoms with Crippen molar-refractivity contribution in [3.8, 4) is 0 Å². The zero-order valence-corrected chi connectivity index (χ0v) is 9.05. The number of aromatic carboxylic acids is 1. The van der Waals surface area contributed by atoms with Crippen LogP contribution < -0.4 is 0 Å². The molecule has 0 amide bonds. The van der Waals surface area contributed by atoms with Crippen LogP contribution in [-0.2, 0) is 12.8 Å². The third-order valence-corrected chi connectivity index (χ3v) is 2.94. The van der Waals surface area contributed by atoms with Gasteiger partial charge in [0.05, 0.1) is 5.56 Å². The van der Waals surface area contributed by atoms with E-state index in [-0.39, 0.29) is 5.15 Å². The van der Waals surface area contributed by atoms with Gasteiger partial charge >= 0.3 is 5.97 Å². The van der Waals surface area contributed by atoms with Gasteiger partial charge in [0.15, 0.2) is 0 Å². The van der Waals surface area contributed by atoms with Gasteiger partial charge in [0.1, 0.15) is 5.15 Å². The standard InChI is InChI=1S/C11H12ClNO2/c12-10-6-8(11(14)15)7-4-2-1-3-5-9(7)13-10/h6H,1-5H2,(H,14,15). The molecule has 0 radical (unpaired) electrons. The predicted octanol–water partition coefficient (Wildman–Crippen LogP) is 2.70. The highest BCUT2D eigenvalue weighted by molar-refractivity contribution is 6.29. The molecular formula is C11H12ClNO2. The van der Waals surface area contributed by atoms with Gasteiger partial charge in [-0.3, -0.25) is 0 Å². The molecule has 4 heteroatoms. The molecular weight excluding hydrogens is 214 g/mol. The molecule has 0 aromatic carbocycles. The highest BCUT2D eigenvalue weighted by Crippen LogP contribution is 2.24. The lowest BCUT2D eigenvalue weighted by Crippen LogP contribution is -2.07. The van der Waals surface area contributed by atoms with E-state index in [1.807, 2.05) is 0 Å². The molecule has 1 aliphatic rings. The van der Waals surface area contributed by atoms with Crippen molar-refractivity contribution in [1.29, 1.82) is 0 Å². The molecule has 1 aromatic heterocycles.